The van der Waals surface area contributed by atoms with Crippen LogP contribution in [0.15, 0.2) is 48.5 Å². The average Bonchev–Trinajstić information content (AvgIpc) is 3.36. The van der Waals surface area contributed by atoms with Crippen LogP contribution in [0.1, 0.15) is 15.9 Å². The smallest absolute Gasteiger partial charge is 0.416 e. The summed E-state index contributed by atoms with van der Waals surface area (Å²) in [4.78, 5) is 24.7. The zero-order valence-corrected chi connectivity index (χ0v) is 17.4. The van der Waals surface area contributed by atoms with Crippen molar-refractivity contribution in [3.05, 3.63) is 59.7 Å². The van der Waals surface area contributed by atoms with Crippen molar-refractivity contribution < 1.29 is 41.7 Å². The Bertz CT molecular complexity index is 1010. The second kappa shape index (κ2) is 9.28. The van der Waals surface area contributed by atoms with E-state index >= 15 is 0 Å². The number of amides is 2. The summed E-state index contributed by atoms with van der Waals surface area (Å²) >= 11 is 0. The molecule has 0 bridgehead atoms. The molecule has 11 heteroatoms. The number of carbonyl (C=O) groups is 2. The van der Waals surface area contributed by atoms with Crippen LogP contribution >= 0.6 is 0 Å². The Hall–Kier alpha value is -3.31. The van der Waals surface area contributed by atoms with Gasteiger partial charge in [-0.3, -0.25) is 10.1 Å². The average molecular weight is 466 g/mol. The SMILES string of the molecule is COc1ccc(C(=O)N[C@@H]2CO[C@@H]3[C@@H]2OC[C@H]3OC(=O)Nc2cccc(C(F)(F)F)c2)cc1. The number of anilines is 1. The third-order valence-corrected chi connectivity index (χ3v) is 5.37. The van der Waals surface area contributed by atoms with Crippen molar-refractivity contribution >= 4 is 17.7 Å². The molecule has 2 aromatic rings. The summed E-state index contributed by atoms with van der Waals surface area (Å²) < 4.78 is 60.2. The minimum absolute atomic E-state index is 0.0280. The first kappa shape index (κ1) is 22.9. The number of hydrogen-bond donors (Lipinski definition) is 2. The third-order valence-electron chi connectivity index (χ3n) is 5.37. The van der Waals surface area contributed by atoms with Crippen molar-refractivity contribution in [3.63, 3.8) is 0 Å². The maximum Gasteiger partial charge on any atom is 0.416 e. The van der Waals surface area contributed by atoms with Gasteiger partial charge < -0.3 is 24.3 Å². The third kappa shape index (κ3) is 5.20. The first-order valence-electron chi connectivity index (χ1n) is 10.1. The molecule has 33 heavy (non-hydrogen) atoms. The highest BCUT2D eigenvalue weighted by atomic mass is 19.4. The molecular formula is C22H21F3N2O6. The Morgan fingerprint density at radius 3 is 2.45 bits per heavy atom. The first-order chi connectivity index (χ1) is 15.7. The summed E-state index contributed by atoms with van der Waals surface area (Å²) in [6.45, 7) is 0.187. The van der Waals surface area contributed by atoms with Crippen LogP contribution in [0.3, 0.4) is 0 Å². The number of hydrogen-bond acceptors (Lipinski definition) is 6. The van der Waals surface area contributed by atoms with E-state index < -0.39 is 42.2 Å². The molecule has 4 atom stereocenters. The largest absolute Gasteiger partial charge is 0.497 e. The number of rotatable bonds is 5. The van der Waals surface area contributed by atoms with Crippen LogP contribution in [0.4, 0.5) is 23.7 Å². The van der Waals surface area contributed by atoms with E-state index in [9.17, 15) is 22.8 Å². The zero-order chi connectivity index (χ0) is 23.6. The molecule has 0 radical (unpaired) electrons. The van der Waals surface area contributed by atoms with Crippen LogP contribution < -0.4 is 15.4 Å². The molecule has 2 fully saturated rings. The van der Waals surface area contributed by atoms with Gasteiger partial charge >= 0.3 is 12.3 Å². The molecule has 2 amide bonds. The monoisotopic (exact) mass is 466 g/mol. The Morgan fingerprint density at radius 2 is 1.76 bits per heavy atom. The summed E-state index contributed by atoms with van der Waals surface area (Å²) in [6.07, 6.45) is -7.38. The molecule has 0 aromatic heterocycles. The number of halogens is 3. The number of alkyl halides is 3. The molecule has 0 unspecified atom stereocenters. The molecule has 4 rings (SSSR count). The van der Waals surface area contributed by atoms with E-state index in [2.05, 4.69) is 10.6 Å². The number of benzene rings is 2. The van der Waals surface area contributed by atoms with Gasteiger partial charge in [0.2, 0.25) is 0 Å². The van der Waals surface area contributed by atoms with Crippen molar-refractivity contribution in [1.82, 2.24) is 5.32 Å². The Balaban J connectivity index is 1.31. The minimum Gasteiger partial charge on any atom is -0.497 e. The van der Waals surface area contributed by atoms with Crippen LogP contribution in [-0.2, 0) is 20.4 Å². The lowest BCUT2D eigenvalue weighted by Crippen LogP contribution is -2.44. The number of ether oxygens (including phenoxy) is 4. The molecular weight excluding hydrogens is 445 g/mol. The van der Waals surface area contributed by atoms with E-state index in [1.807, 2.05) is 0 Å². The highest BCUT2D eigenvalue weighted by Crippen LogP contribution is 2.32. The number of fused-ring (bicyclic) bond motifs is 1. The van der Waals surface area contributed by atoms with Crippen LogP contribution in [0.2, 0.25) is 0 Å². The summed E-state index contributed by atoms with van der Waals surface area (Å²) in [5, 5.41) is 5.13. The zero-order valence-electron chi connectivity index (χ0n) is 17.4. The van der Waals surface area contributed by atoms with Crippen molar-refractivity contribution in [2.45, 2.75) is 30.5 Å². The quantitative estimate of drug-likeness (QED) is 0.703. The summed E-state index contributed by atoms with van der Waals surface area (Å²) in [5.74, 6) is 0.306. The second-order valence-corrected chi connectivity index (χ2v) is 7.55. The fraction of sp³-hybridized carbons (Fsp3) is 0.364. The molecule has 176 valence electrons. The van der Waals surface area contributed by atoms with E-state index in [-0.39, 0.29) is 24.8 Å². The van der Waals surface area contributed by atoms with Gasteiger partial charge in [0.05, 0.1) is 31.9 Å². The Morgan fingerprint density at radius 1 is 1.03 bits per heavy atom. The van der Waals surface area contributed by atoms with Crippen molar-refractivity contribution in [2.75, 3.05) is 25.6 Å². The van der Waals surface area contributed by atoms with Gasteiger partial charge in [-0.1, -0.05) is 6.07 Å². The summed E-state index contributed by atoms with van der Waals surface area (Å²) in [5.41, 5.74) is -0.507. The minimum atomic E-state index is -4.53. The Labute approximate surface area is 186 Å². The molecule has 0 aliphatic carbocycles. The summed E-state index contributed by atoms with van der Waals surface area (Å²) in [7, 11) is 1.53. The van der Waals surface area contributed by atoms with E-state index in [4.69, 9.17) is 18.9 Å². The van der Waals surface area contributed by atoms with E-state index in [0.29, 0.717) is 11.3 Å². The standard InChI is InChI=1S/C22H21F3N2O6/c1-30-15-7-5-12(6-8-15)20(28)27-16-10-31-19-17(11-32-18(16)19)33-21(29)26-14-4-2-3-13(9-14)22(23,24)25/h2-9,16-19H,10-11H2,1H3,(H,26,29)(H,27,28)/t16-,17-,18-,19+/m1/s1. The number of carbonyl (C=O) groups excluding carboxylic acids is 2. The van der Waals surface area contributed by atoms with Crippen LogP contribution in [0.25, 0.3) is 0 Å². The van der Waals surface area contributed by atoms with Crippen molar-refractivity contribution in [1.29, 1.82) is 0 Å². The number of nitrogens with one attached hydrogen (secondary N) is 2. The van der Waals surface area contributed by atoms with Gasteiger partial charge in [-0.2, -0.15) is 13.2 Å². The van der Waals surface area contributed by atoms with Crippen LogP contribution in [0.5, 0.6) is 5.75 Å². The lowest BCUT2D eigenvalue weighted by Gasteiger charge is -2.18. The fourth-order valence-corrected chi connectivity index (χ4v) is 3.74. The van der Waals surface area contributed by atoms with Crippen LogP contribution in [-0.4, -0.2) is 56.7 Å². The van der Waals surface area contributed by atoms with Crippen molar-refractivity contribution in [3.8, 4) is 5.75 Å². The van der Waals surface area contributed by atoms with E-state index in [1.54, 1.807) is 24.3 Å². The molecule has 2 aliphatic heterocycles. The highest BCUT2D eigenvalue weighted by molar-refractivity contribution is 5.94. The van der Waals surface area contributed by atoms with Crippen molar-refractivity contribution in [2.24, 2.45) is 0 Å². The molecule has 2 aliphatic rings. The van der Waals surface area contributed by atoms with Gasteiger partial charge in [0.25, 0.3) is 5.91 Å². The van der Waals surface area contributed by atoms with Gasteiger partial charge in [0, 0.05) is 11.3 Å². The lowest BCUT2D eigenvalue weighted by atomic mass is 10.1. The second-order valence-electron chi connectivity index (χ2n) is 7.55. The Kier molecular flexibility index (Phi) is 6.43. The molecule has 2 saturated heterocycles. The van der Waals surface area contributed by atoms with Gasteiger partial charge in [0.1, 0.15) is 18.0 Å². The normalized spacial score (nSPS) is 24.1. The van der Waals surface area contributed by atoms with E-state index in [1.165, 1.54) is 19.2 Å². The highest BCUT2D eigenvalue weighted by Gasteiger charge is 2.50. The molecule has 2 N–H and O–H groups in total. The van der Waals surface area contributed by atoms with Crippen LogP contribution in [0, 0.1) is 0 Å². The van der Waals surface area contributed by atoms with Gasteiger partial charge in [0.15, 0.2) is 6.10 Å². The van der Waals surface area contributed by atoms with Gasteiger partial charge in [-0.05, 0) is 42.5 Å². The van der Waals surface area contributed by atoms with Gasteiger partial charge in [-0.15, -0.1) is 0 Å². The predicted molar refractivity (Wildman–Crippen MR) is 109 cm³/mol. The molecule has 2 heterocycles. The predicted octanol–water partition coefficient (Wildman–Crippen LogP) is 3.23. The van der Waals surface area contributed by atoms with E-state index in [0.717, 1.165) is 12.1 Å². The number of methoxy groups -OCH3 is 1. The molecule has 8 nitrogen and oxygen atoms in total. The molecule has 0 spiro atoms. The maximum atomic E-state index is 12.8. The topological polar surface area (TPSA) is 95.1 Å². The van der Waals surface area contributed by atoms with Gasteiger partial charge in [-0.25, -0.2) is 4.79 Å². The maximum absolute atomic E-state index is 12.8. The fourth-order valence-electron chi connectivity index (χ4n) is 3.74. The lowest BCUT2D eigenvalue weighted by molar-refractivity contribution is -0.137. The summed E-state index contributed by atoms with van der Waals surface area (Å²) in [6, 6.07) is 10.4. The first-order valence-corrected chi connectivity index (χ1v) is 10.1. The molecule has 0 saturated carbocycles. The molecule has 2 aromatic carbocycles.